The Kier molecular flexibility index (Phi) is 6.16. The number of rotatable bonds is 5. The summed E-state index contributed by atoms with van der Waals surface area (Å²) in [5.74, 6) is -0.0508. The van der Waals surface area contributed by atoms with E-state index in [1.165, 1.54) is 6.20 Å². The zero-order valence-corrected chi connectivity index (χ0v) is 16.7. The van der Waals surface area contributed by atoms with Crippen molar-refractivity contribution in [3.8, 4) is 5.82 Å². The SMILES string of the molecule is CC(C)(CNc1cnn(-c2ccc(C(F)(F)F)cn2)c(=O)c1Cl)N1CCOCC1. The molecule has 7 nitrogen and oxygen atoms in total. The minimum Gasteiger partial charge on any atom is -0.381 e. The number of anilines is 1. The average molecular weight is 432 g/mol. The van der Waals surface area contributed by atoms with Crippen LogP contribution in [0.1, 0.15) is 19.4 Å². The number of hydrogen-bond acceptors (Lipinski definition) is 6. The zero-order valence-electron chi connectivity index (χ0n) is 16.0. The van der Waals surface area contributed by atoms with E-state index in [1.807, 2.05) is 0 Å². The van der Waals surface area contributed by atoms with Crippen LogP contribution in [0.25, 0.3) is 5.82 Å². The lowest BCUT2D eigenvalue weighted by atomic mass is 10.0. The van der Waals surface area contributed by atoms with Crippen LogP contribution in [0.3, 0.4) is 0 Å². The van der Waals surface area contributed by atoms with Crippen molar-refractivity contribution >= 4 is 17.3 Å². The number of hydrogen-bond donors (Lipinski definition) is 1. The van der Waals surface area contributed by atoms with Gasteiger partial charge in [0.15, 0.2) is 5.82 Å². The summed E-state index contributed by atoms with van der Waals surface area (Å²) in [4.78, 5) is 18.5. The molecule has 0 atom stereocenters. The molecular weight excluding hydrogens is 411 g/mol. The first-order valence-electron chi connectivity index (χ1n) is 8.98. The van der Waals surface area contributed by atoms with Crippen molar-refractivity contribution in [1.29, 1.82) is 0 Å². The molecule has 1 aliphatic rings. The number of nitrogens with one attached hydrogen (secondary N) is 1. The van der Waals surface area contributed by atoms with Gasteiger partial charge in [-0.25, -0.2) is 4.98 Å². The Morgan fingerprint density at radius 3 is 2.48 bits per heavy atom. The number of ether oxygens (including phenoxy) is 1. The molecule has 0 amide bonds. The summed E-state index contributed by atoms with van der Waals surface area (Å²) in [5.41, 5.74) is -1.45. The first-order chi connectivity index (χ1) is 13.6. The first-order valence-corrected chi connectivity index (χ1v) is 9.35. The number of halogens is 4. The van der Waals surface area contributed by atoms with E-state index in [0.717, 1.165) is 29.9 Å². The predicted molar refractivity (Wildman–Crippen MR) is 103 cm³/mol. The molecule has 0 aromatic carbocycles. The minimum atomic E-state index is -4.51. The Hall–Kier alpha value is -2.17. The molecule has 0 bridgehead atoms. The van der Waals surface area contributed by atoms with Gasteiger partial charge >= 0.3 is 6.18 Å². The van der Waals surface area contributed by atoms with E-state index in [1.54, 1.807) is 0 Å². The van der Waals surface area contributed by atoms with E-state index in [-0.39, 0.29) is 16.4 Å². The average Bonchev–Trinajstić information content (AvgIpc) is 2.69. The third-order valence-electron chi connectivity index (χ3n) is 4.79. The lowest BCUT2D eigenvalue weighted by Crippen LogP contribution is -2.53. The van der Waals surface area contributed by atoms with Gasteiger partial charge in [0.1, 0.15) is 5.02 Å². The molecule has 0 aliphatic carbocycles. The van der Waals surface area contributed by atoms with Gasteiger partial charge in [-0.1, -0.05) is 11.6 Å². The first kappa shape index (κ1) is 21.5. The quantitative estimate of drug-likeness (QED) is 0.785. The van der Waals surface area contributed by atoms with E-state index in [2.05, 4.69) is 34.1 Å². The molecule has 1 fully saturated rings. The van der Waals surface area contributed by atoms with E-state index >= 15 is 0 Å². The van der Waals surface area contributed by atoms with Crippen molar-refractivity contribution in [2.45, 2.75) is 25.6 Å². The fourth-order valence-corrected chi connectivity index (χ4v) is 3.19. The second-order valence-corrected chi connectivity index (χ2v) is 7.64. The number of aromatic nitrogens is 3. The largest absolute Gasteiger partial charge is 0.417 e. The smallest absolute Gasteiger partial charge is 0.381 e. The van der Waals surface area contributed by atoms with Crippen LogP contribution >= 0.6 is 11.6 Å². The summed E-state index contributed by atoms with van der Waals surface area (Å²) in [6.07, 6.45) is -2.50. The van der Waals surface area contributed by atoms with Crippen LogP contribution in [0.2, 0.25) is 5.02 Å². The highest BCUT2D eigenvalue weighted by Crippen LogP contribution is 2.28. The molecule has 29 heavy (non-hydrogen) atoms. The second kappa shape index (κ2) is 8.29. The van der Waals surface area contributed by atoms with Crippen LogP contribution in [0.5, 0.6) is 0 Å². The molecule has 1 N–H and O–H groups in total. The molecule has 3 heterocycles. The van der Waals surface area contributed by atoms with Gasteiger partial charge in [0, 0.05) is 31.4 Å². The third-order valence-corrected chi connectivity index (χ3v) is 5.15. The van der Waals surface area contributed by atoms with Crippen molar-refractivity contribution in [3.05, 3.63) is 45.5 Å². The van der Waals surface area contributed by atoms with Crippen LogP contribution in [-0.4, -0.2) is 58.1 Å². The molecule has 2 aromatic heterocycles. The van der Waals surface area contributed by atoms with E-state index in [0.29, 0.717) is 31.6 Å². The molecule has 158 valence electrons. The molecule has 2 aromatic rings. The van der Waals surface area contributed by atoms with Crippen LogP contribution in [0.4, 0.5) is 18.9 Å². The molecule has 0 radical (unpaired) electrons. The van der Waals surface area contributed by atoms with Gasteiger partial charge in [-0.15, -0.1) is 0 Å². The minimum absolute atomic E-state index is 0.0508. The van der Waals surface area contributed by atoms with Gasteiger partial charge in [0.05, 0.1) is 30.7 Å². The van der Waals surface area contributed by atoms with Gasteiger partial charge in [0.25, 0.3) is 5.56 Å². The molecule has 1 aliphatic heterocycles. The van der Waals surface area contributed by atoms with Crippen molar-refractivity contribution in [1.82, 2.24) is 19.7 Å². The molecular formula is C18H21ClF3N5O2. The van der Waals surface area contributed by atoms with E-state index in [4.69, 9.17) is 16.3 Å². The Balaban J connectivity index is 1.76. The number of pyridine rings is 1. The lowest BCUT2D eigenvalue weighted by molar-refractivity contribution is -0.137. The maximum absolute atomic E-state index is 12.7. The van der Waals surface area contributed by atoms with Crippen molar-refractivity contribution in [2.24, 2.45) is 0 Å². The highest BCUT2D eigenvalue weighted by atomic mass is 35.5. The molecule has 1 saturated heterocycles. The van der Waals surface area contributed by atoms with Crippen molar-refractivity contribution in [2.75, 3.05) is 38.2 Å². The van der Waals surface area contributed by atoms with E-state index < -0.39 is 17.3 Å². The monoisotopic (exact) mass is 431 g/mol. The van der Waals surface area contributed by atoms with Gasteiger partial charge in [-0.3, -0.25) is 9.69 Å². The zero-order chi connectivity index (χ0) is 21.2. The summed E-state index contributed by atoms with van der Waals surface area (Å²) >= 11 is 6.19. The maximum Gasteiger partial charge on any atom is 0.417 e. The van der Waals surface area contributed by atoms with Gasteiger partial charge in [0.2, 0.25) is 0 Å². The molecule has 11 heteroatoms. The summed E-state index contributed by atoms with van der Waals surface area (Å²) in [7, 11) is 0. The summed E-state index contributed by atoms with van der Waals surface area (Å²) in [6.45, 7) is 7.60. The fourth-order valence-electron chi connectivity index (χ4n) is 2.99. The Labute approximate surface area is 170 Å². The lowest BCUT2D eigenvalue weighted by Gasteiger charge is -2.41. The van der Waals surface area contributed by atoms with Crippen molar-refractivity contribution in [3.63, 3.8) is 0 Å². The van der Waals surface area contributed by atoms with Crippen LogP contribution in [-0.2, 0) is 10.9 Å². The number of nitrogens with zero attached hydrogens (tertiary/aromatic N) is 4. The normalized spacial score (nSPS) is 16.1. The number of morpholine rings is 1. The summed E-state index contributed by atoms with van der Waals surface area (Å²) < 4.78 is 44.2. The fraction of sp³-hybridized carbons (Fsp3) is 0.500. The van der Waals surface area contributed by atoms with Gasteiger partial charge in [-0.05, 0) is 26.0 Å². The second-order valence-electron chi connectivity index (χ2n) is 7.26. The Morgan fingerprint density at radius 2 is 1.90 bits per heavy atom. The summed E-state index contributed by atoms with van der Waals surface area (Å²) in [5, 5.41) is 7.02. The Morgan fingerprint density at radius 1 is 1.21 bits per heavy atom. The third kappa shape index (κ3) is 4.88. The highest BCUT2D eigenvalue weighted by Gasteiger charge is 2.31. The highest BCUT2D eigenvalue weighted by molar-refractivity contribution is 6.32. The van der Waals surface area contributed by atoms with Gasteiger partial charge < -0.3 is 10.1 Å². The topological polar surface area (TPSA) is 72.3 Å². The van der Waals surface area contributed by atoms with Crippen molar-refractivity contribution < 1.29 is 17.9 Å². The standard InChI is InChI=1S/C18H21ClF3N5O2/c1-17(2,26-5-7-29-8-6-26)11-24-13-10-25-27(16(28)15(13)19)14-4-3-12(9-23-14)18(20,21)22/h3-4,9-10,24H,5-8,11H2,1-2H3. The van der Waals surface area contributed by atoms with E-state index in [9.17, 15) is 18.0 Å². The van der Waals surface area contributed by atoms with Crippen LogP contribution in [0, 0.1) is 0 Å². The number of alkyl halides is 3. The maximum atomic E-state index is 12.7. The molecule has 0 spiro atoms. The Bertz CT molecular complexity index is 909. The molecule has 3 rings (SSSR count). The van der Waals surface area contributed by atoms with Crippen LogP contribution < -0.4 is 10.9 Å². The summed E-state index contributed by atoms with van der Waals surface area (Å²) in [6, 6.07) is 1.91. The van der Waals surface area contributed by atoms with Crippen LogP contribution in [0.15, 0.2) is 29.3 Å². The van der Waals surface area contributed by atoms with Gasteiger partial charge in [-0.2, -0.15) is 23.0 Å². The molecule has 0 saturated carbocycles. The predicted octanol–water partition coefficient (Wildman–Crippen LogP) is 2.82. The molecule has 0 unspecified atom stereocenters.